The SMILES string of the molecule is C[C@H](NCC(=O)[C@@H](O)[C@H](O)[C@H](O)CO)C(=O)O. The maximum Gasteiger partial charge on any atom is 0.320 e. The molecule has 100 valence electrons. The van der Waals surface area contributed by atoms with Crippen LogP contribution in [0.5, 0.6) is 0 Å². The molecule has 0 unspecified atom stereocenters. The van der Waals surface area contributed by atoms with Crippen molar-refractivity contribution < 1.29 is 35.1 Å². The van der Waals surface area contributed by atoms with E-state index in [2.05, 4.69) is 5.32 Å². The molecule has 0 aliphatic heterocycles. The van der Waals surface area contributed by atoms with Crippen molar-refractivity contribution in [3.05, 3.63) is 0 Å². The largest absolute Gasteiger partial charge is 0.480 e. The lowest BCUT2D eigenvalue weighted by Gasteiger charge is -2.20. The Hall–Kier alpha value is -1.06. The Kier molecular flexibility index (Phi) is 6.85. The number of Topliss-reactive ketones (excluding diaryl/α,β-unsaturated/α-hetero) is 1. The molecule has 8 nitrogen and oxygen atoms in total. The standard InChI is InChI=1S/C9H17NO7/c1-4(9(16)17)10-2-5(12)7(14)8(15)6(13)3-11/h4,6-8,10-11,13-15H,2-3H2,1H3,(H,16,17)/t4-,6+,7+,8+/m0/s1. The topological polar surface area (TPSA) is 147 Å². The van der Waals surface area contributed by atoms with Crippen LogP contribution in [0, 0.1) is 0 Å². The molecule has 0 aromatic heterocycles. The number of hydrogen-bond donors (Lipinski definition) is 6. The first-order valence-corrected chi connectivity index (χ1v) is 4.95. The summed E-state index contributed by atoms with van der Waals surface area (Å²) in [6, 6.07) is -0.981. The van der Waals surface area contributed by atoms with Gasteiger partial charge in [0.25, 0.3) is 0 Å². The van der Waals surface area contributed by atoms with Gasteiger partial charge in [-0.05, 0) is 6.92 Å². The van der Waals surface area contributed by atoms with Gasteiger partial charge in [0, 0.05) is 0 Å². The molecular weight excluding hydrogens is 234 g/mol. The molecule has 0 aliphatic carbocycles. The number of aliphatic hydroxyl groups excluding tert-OH is 4. The Morgan fingerprint density at radius 3 is 2.18 bits per heavy atom. The van der Waals surface area contributed by atoms with Crippen LogP contribution in [0.2, 0.25) is 0 Å². The summed E-state index contributed by atoms with van der Waals surface area (Å²) in [6.07, 6.45) is -5.33. The number of carboxylic acid groups (broad SMARTS) is 1. The third-order valence-corrected chi connectivity index (χ3v) is 2.19. The summed E-state index contributed by atoms with van der Waals surface area (Å²) < 4.78 is 0. The lowest BCUT2D eigenvalue weighted by molar-refractivity contribution is -0.141. The van der Waals surface area contributed by atoms with Gasteiger partial charge >= 0.3 is 5.97 Å². The minimum absolute atomic E-state index is 0.468. The molecule has 17 heavy (non-hydrogen) atoms. The first-order valence-electron chi connectivity index (χ1n) is 4.95. The van der Waals surface area contributed by atoms with Gasteiger partial charge in [-0.2, -0.15) is 0 Å². The molecule has 0 saturated heterocycles. The fourth-order valence-electron chi connectivity index (χ4n) is 0.954. The number of rotatable bonds is 8. The Morgan fingerprint density at radius 2 is 1.76 bits per heavy atom. The van der Waals surface area contributed by atoms with E-state index in [1.807, 2.05) is 0 Å². The predicted octanol–water partition coefficient (Wildman–Crippen LogP) is -3.31. The molecule has 0 rings (SSSR count). The Bertz CT molecular complexity index is 270. The van der Waals surface area contributed by atoms with Crippen molar-refractivity contribution in [1.29, 1.82) is 0 Å². The third kappa shape index (κ3) is 5.20. The van der Waals surface area contributed by atoms with Crippen LogP contribution in [0.4, 0.5) is 0 Å². The van der Waals surface area contributed by atoms with Crippen molar-refractivity contribution in [3.8, 4) is 0 Å². The van der Waals surface area contributed by atoms with Gasteiger partial charge in [-0.25, -0.2) is 0 Å². The number of carbonyl (C=O) groups is 2. The van der Waals surface area contributed by atoms with Crippen molar-refractivity contribution in [2.75, 3.05) is 13.2 Å². The van der Waals surface area contributed by atoms with Gasteiger partial charge in [0.15, 0.2) is 5.78 Å². The second-order valence-corrected chi connectivity index (χ2v) is 3.59. The Labute approximate surface area is 97.5 Å². The summed E-state index contributed by atoms with van der Waals surface area (Å²) in [5.74, 6) is -2.04. The van der Waals surface area contributed by atoms with E-state index >= 15 is 0 Å². The van der Waals surface area contributed by atoms with E-state index in [0.717, 1.165) is 0 Å². The van der Waals surface area contributed by atoms with Crippen molar-refractivity contribution in [1.82, 2.24) is 5.32 Å². The minimum atomic E-state index is -1.88. The van der Waals surface area contributed by atoms with Gasteiger partial charge < -0.3 is 25.5 Å². The summed E-state index contributed by atoms with van der Waals surface area (Å²) in [6.45, 7) is 0.0370. The third-order valence-electron chi connectivity index (χ3n) is 2.19. The minimum Gasteiger partial charge on any atom is -0.480 e. The highest BCUT2D eigenvalue weighted by Gasteiger charge is 2.29. The molecule has 4 atom stereocenters. The molecule has 0 bridgehead atoms. The van der Waals surface area contributed by atoms with E-state index in [9.17, 15) is 19.8 Å². The first kappa shape index (κ1) is 15.9. The molecule has 6 N–H and O–H groups in total. The molecule has 0 fully saturated rings. The quantitative estimate of drug-likeness (QED) is 0.263. The molecule has 0 aromatic rings. The van der Waals surface area contributed by atoms with Crippen LogP contribution in [0.1, 0.15) is 6.92 Å². The van der Waals surface area contributed by atoms with Crippen molar-refractivity contribution >= 4 is 11.8 Å². The van der Waals surface area contributed by atoms with Crippen molar-refractivity contribution in [2.24, 2.45) is 0 Å². The molecule has 0 aromatic carbocycles. The number of ketones is 1. The lowest BCUT2D eigenvalue weighted by atomic mass is 10.0. The summed E-state index contributed by atoms with van der Waals surface area (Å²) in [5, 5.41) is 46.8. The van der Waals surface area contributed by atoms with Gasteiger partial charge in [0.05, 0.1) is 13.2 Å². The second-order valence-electron chi connectivity index (χ2n) is 3.59. The van der Waals surface area contributed by atoms with E-state index < -0.39 is 49.3 Å². The summed E-state index contributed by atoms with van der Waals surface area (Å²) in [7, 11) is 0. The zero-order chi connectivity index (χ0) is 13.6. The van der Waals surface area contributed by atoms with E-state index in [0.29, 0.717) is 0 Å². The van der Waals surface area contributed by atoms with Crippen molar-refractivity contribution in [3.63, 3.8) is 0 Å². The number of carboxylic acids is 1. The van der Waals surface area contributed by atoms with Gasteiger partial charge in [0.1, 0.15) is 24.4 Å². The lowest BCUT2D eigenvalue weighted by Crippen LogP contribution is -2.48. The fourth-order valence-corrected chi connectivity index (χ4v) is 0.954. The highest BCUT2D eigenvalue weighted by molar-refractivity contribution is 5.86. The Morgan fingerprint density at radius 1 is 1.24 bits per heavy atom. The maximum absolute atomic E-state index is 11.3. The first-order chi connectivity index (χ1) is 7.81. The molecule has 8 heteroatoms. The highest BCUT2D eigenvalue weighted by Crippen LogP contribution is 2.01. The number of carbonyl (C=O) groups excluding carboxylic acids is 1. The number of aliphatic carboxylic acids is 1. The van der Waals surface area contributed by atoms with E-state index in [-0.39, 0.29) is 0 Å². The molecule has 0 spiro atoms. The van der Waals surface area contributed by atoms with Crippen LogP contribution < -0.4 is 5.32 Å². The van der Waals surface area contributed by atoms with Crippen molar-refractivity contribution in [2.45, 2.75) is 31.3 Å². The van der Waals surface area contributed by atoms with Gasteiger partial charge in [0.2, 0.25) is 0 Å². The zero-order valence-electron chi connectivity index (χ0n) is 9.28. The van der Waals surface area contributed by atoms with Crippen LogP contribution in [0.15, 0.2) is 0 Å². The zero-order valence-corrected chi connectivity index (χ0v) is 9.28. The van der Waals surface area contributed by atoms with Gasteiger partial charge in [-0.15, -0.1) is 0 Å². The van der Waals surface area contributed by atoms with Crippen LogP contribution >= 0.6 is 0 Å². The summed E-state index contributed by atoms with van der Waals surface area (Å²) in [5.41, 5.74) is 0. The smallest absolute Gasteiger partial charge is 0.320 e. The van der Waals surface area contributed by atoms with E-state index in [4.69, 9.17) is 15.3 Å². The van der Waals surface area contributed by atoms with Crippen LogP contribution in [-0.2, 0) is 9.59 Å². The average Bonchev–Trinajstić information content (AvgIpc) is 2.32. The molecule has 0 aliphatic rings. The Balaban J connectivity index is 4.18. The molecular formula is C9H17NO7. The van der Waals surface area contributed by atoms with Gasteiger partial charge in [-0.1, -0.05) is 0 Å². The van der Waals surface area contributed by atoms with Crippen LogP contribution in [0.3, 0.4) is 0 Å². The fraction of sp³-hybridized carbons (Fsp3) is 0.778. The second kappa shape index (κ2) is 7.30. The average molecular weight is 251 g/mol. The summed E-state index contributed by atoms with van der Waals surface area (Å²) >= 11 is 0. The molecule has 0 radical (unpaired) electrons. The van der Waals surface area contributed by atoms with E-state index in [1.54, 1.807) is 0 Å². The number of hydrogen-bond acceptors (Lipinski definition) is 7. The molecule has 0 saturated carbocycles. The van der Waals surface area contributed by atoms with E-state index in [1.165, 1.54) is 6.92 Å². The van der Waals surface area contributed by atoms with Crippen LogP contribution in [-0.4, -0.2) is 74.8 Å². The number of aliphatic hydroxyl groups is 4. The maximum atomic E-state index is 11.3. The monoisotopic (exact) mass is 251 g/mol. The number of nitrogens with one attached hydrogen (secondary N) is 1. The summed E-state index contributed by atoms with van der Waals surface area (Å²) in [4.78, 5) is 21.7. The normalized spacial score (nSPS) is 18.2. The van der Waals surface area contributed by atoms with Gasteiger partial charge in [-0.3, -0.25) is 14.9 Å². The highest BCUT2D eigenvalue weighted by atomic mass is 16.4. The molecule has 0 amide bonds. The predicted molar refractivity (Wildman–Crippen MR) is 55.2 cm³/mol. The van der Waals surface area contributed by atoms with Crippen LogP contribution in [0.25, 0.3) is 0 Å². The molecule has 0 heterocycles.